The lowest BCUT2D eigenvalue weighted by molar-refractivity contribution is 0.425. The third-order valence-electron chi connectivity index (χ3n) is 27.4. The number of nitrogens with two attached hydrogens (primary N) is 1. The predicted molar refractivity (Wildman–Crippen MR) is 640 cm³/mol. The highest BCUT2D eigenvalue weighted by atomic mass is 79.9. The molecule has 0 atom stereocenters. The van der Waals surface area contributed by atoms with Crippen molar-refractivity contribution >= 4 is 164 Å². The van der Waals surface area contributed by atoms with Gasteiger partial charge in [-0.3, -0.25) is 0 Å². The van der Waals surface area contributed by atoms with Gasteiger partial charge in [-0.25, -0.2) is 19.9 Å². The van der Waals surface area contributed by atoms with Crippen LogP contribution in [0.15, 0.2) is 417 Å². The number of aromatic nitrogens is 4. The number of rotatable bonds is 12. The number of nitrogens with zero attached hydrogens (tertiary/aromatic N) is 4. The van der Waals surface area contributed by atoms with Crippen molar-refractivity contribution in [1.29, 1.82) is 0 Å². The standard InChI is InChI=1S/C34H29NS.C33H28N2S.C33H27NOS.C17H16BrNOS.C16H13BO2/c1-22-9-5-8-12-29(22)33-35-32-30(20-28(34(2,3)4)21-31(32)36-33)25-16-13-24(14-17-25)27-18-15-23-10-6-7-11-26(23)19-27;1-33(2,3)26-19-28(31-30(20-26)36-32(35-31)27-10-6-7-11-29(27)34)23-15-12-22(13-16-23)25-17-14-21-8-4-5-9-24(21)18-25;1-33(2,3)26-19-28(31-30(20-26)36-32(34-31)27-10-6-7-11-29(27)35)23-15-12-22(13-16-23)25-17-14-21-8-4-5-9-24(21)18-25;1-17(2,3)10-8-12(18)15-14(9-10)21-16(19-15)11-6-4-5-7-13(11)20;18-17(19)16-9-7-13(8-10-16)15-6-5-12-3-1-2-4-14(12)11-15/h5-21H,1-4H3;4-20H,34H2,1-3H3;4-20,35H,1-3H3;4-9,20H,1-3H3;1-11,18-19H. The second-order valence-electron chi connectivity index (χ2n) is 41.9. The molecule has 0 saturated carbocycles. The van der Waals surface area contributed by atoms with Gasteiger partial charge in [-0.15, -0.1) is 45.3 Å². The lowest BCUT2D eigenvalue weighted by Gasteiger charge is -2.20. The molecule has 6 N–H and O–H groups in total. The first kappa shape index (κ1) is 100. The first-order valence-electron chi connectivity index (χ1n) is 49.9. The van der Waals surface area contributed by atoms with Gasteiger partial charge in [-0.1, -0.05) is 386 Å². The molecule has 0 saturated heterocycles. The lowest BCUT2D eigenvalue weighted by Crippen LogP contribution is -2.29. The zero-order valence-corrected chi connectivity index (χ0v) is 89.9. The number of halogens is 1. The topological polar surface area (TPSA) is 158 Å². The molecule has 0 unspecified atom stereocenters. The van der Waals surface area contributed by atoms with E-state index in [-0.39, 0.29) is 33.2 Å². The maximum Gasteiger partial charge on any atom is 0.488 e. The predicted octanol–water partition coefficient (Wildman–Crippen LogP) is 36.8. The Morgan fingerprint density at radius 3 is 0.791 bits per heavy atom. The van der Waals surface area contributed by atoms with Gasteiger partial charge in [-0.05, 0) is 291 Å². The molecule has 0 radical (unpaired) electrons. The Morgan fingerprint density at radius 1 is 0.236 bits per heavy atom. The van der Waals surface area contributed by atoms with Crippen LogP contribution in [0, 0.1) is 6.92 Å². The number of aromatic hydroxyl groups is 2. The summed E-state index contributed by atoms with van der Waals surface area (Å²) in [7, 11) is -1.41. The summed E-state index contributed by atoms with van der Waals surface area (Å²) in [6, 6.07) is 143. The van der Waals surface area contributed by atoms with E-state index in [1.807, 2.05) is 78.9 Å². The first-order chi connectivity index (χ1) is 71.2. The van der Waals surface area contributed by atoms with Gasteiger partial charge in [-0.2, -0.15) is 0 Å². The van der Waals surface area contributed by atoms with Crippen LogP contribution < -0.4 is 11.2 Å². The smallest absolute Gasteiger partial charge is 0.488 e. The van der Waals surface area contributed by atoms with Crippen molar-refractivity contribution in [1.82, 2.24) is 19.9 Å². The Morgan fingerprint density at radius 2 is 0.480 bits per heavy atom. The van der Waals surface area contributed by atoms with Gasteiger partial charge in [0.2, 0.25) is 0 Å². The third kappa shape index (κ3) is 22.0. The van der Waals surface area contributed by atoms with Crippen LogP contribution in [0.3, 0.4) is 0 Å². The average Bonchev–Trinajstić information content (AvgIpc) is 1.56. The molecule has 148 heavy (non-hydrogen) atoms. The molecule has 20 aromatic carbocycles. The van der Waals surface area contributed by atoms with Gasteiger partial charge in [0.05, 0.1) is 52.0 Å². The number of nitrogen functional groups attached to an aromatic ring is 1. The number of thiazole rings is 4. The Hall–Kier alpha value is -15.1. The van der Waals surface area contributed by atoms with E-state index in [1.54, 1.807) is 69.6 Å². The fourth-order valence-corrected chi connectivity index (χ4v) is 23.6. The van der Waals surface area contributed by atoms with E-state index >= 15 is 0 Å². The highest BCUT2D eigenvalue weighted by Crippen LogP contribution is 2.48. The average molecular weight is 2060 g/mol. The van der Waals surface area contributed by atoms with E-state index in [9.17, 15) is 10.2 Å². The third-order valence-corrected chi connectivity index (χ3v) is 32.1. The van der Waals surface area contributed by atoms with E-state index < -0.39 is 7.12 Å². The summed E-state index contributed by atoms with van der Waals surface area (Å²) in [6.45, 7) is 29.1. The quantitative estimate of drug-likeness (QED) is 0.0593. The van der Waals surface area contributed by atoms with Crippen molar-refractivity contribution in [3.8, 4) is 132 Å². The molecule has 24 rings (SSSR count). The minimum atomic E-state index is -1.41. The summed E-state index contributed by atoms with van der Waals surface area (Å²) in [6.07, 6.45) is 0. The fraction of sp³-hybridized carbons (Fsp3) is 0.128. The molecule has 15 heteroatoms. The number of fused-ring (bicyclic) bond motifs is 8. The Balaban J connectivity index is 0.000000115. The summed E-state index contributed by atoms with van der Waals surface area (Å²) in [5.74, 6) is 0.526. The lowest BCUT2D eigenvalue weighted by atomic mass is 9.80. The number of para-hydroxylation sites is 3. The summed E-state index contributed by atoms with van der Waals surface area (Å²) in [5.41, 5.74) is 38.5. The second-order valence-corrected chi connectivity index (χ2v) is 46.9. The molecule has 0 fully saturated rings. The van der Waals surface area contributed by atoms with Crippen molar-refractivity contribution in [2.24, 2.45) is 0 Å². The van der Waals surface area contributed by atoms with Crippen LogP contribution in [0.4, 0.5) is 5.69 Å². The number of anilines is 1. The molecule has 4 heterocycles. The molecule has 0 aliphatic rings. The molecule has 0 aliphatic carbocycles. The monoisotopic (exact) mass is 2060 g/mol. The number of aryl methyl sites for hydroxylation is 1. The van der Waals surface area contributed by atoms with Crippen LogP contribution >= 0.6 is 61.3 Å². The molecular weight excluding hydrogens is 1950 g/mol. The van der Waals surface area contributed by atoms with Crippen molar-refractivity contribution in [3.05, 3.63) is 445 Å². The molecule has 0 aliphatic heterocycles. The Kier molecular flexibility index (Phi) is 28.4. The van der Waals surface area contributed by atoms with Crippen molar-refractivity contribution in [2.75, 3.05) is 5.73 Å². The maximum atomic E-state index is 10.4. The number of benzene rings is 20. The van der Waals surface area contributed by atoms with Gasteiger partial charge in [0, 0.05) is 38.0 Å². The van der Waals surface area contributed by atoms with Crippen LogP contribution in [0.1, 0.15) is 111 Å². The minimum Gasteiger partial charge on any atom is -0.507 e. The van der Waals surface area contributed by atoms with Gasteiger partial charge in [0.1, 0.15) is 31.5 Å². The van der Waals surface area contributed by atoms with Gasteiger partial charge in [0.15, 0.2) is 0 Å². The van der Waals surface area contributed by atoms with Gasteiger partial charge < -0.3 is 26.0 Å². The van der Waals surface area contributed by atoms with Gasteiger partial charge in [0.25, 0.3) is 0 Å². The van der Waals surface area contributed by atoms with E-state index in [0.717, 1.165) is 101 Å². The molecule has 0 spiro atoms. The minimum absolute atomic E-state index is 0.00696. The molecule has 0 bridgehead atoms. The summed E-state index contributed by atoms with van der Waals surface area (Å²) in [5, 5.41) is 52.3. The molecule has 4 aromatic heterocycles. The number of phenols is 2. The molecule has 728 valence electrons. The van der Waals surface area contributed by atoms with E-state index in [0.29, 0.717) is 5.46 Å². The Labute approximate surface area is 890 Å². The first-order valence-corrected chi connectivity index (χ1v) is 53.9. The zero-order chi connectivity index (χ0) is 103. The van der Waals surface area contributed by atoms with Crippen LogP contribution in [-0.2, 0) is 21.7 Å². The van der Waals surface area contributed by atoms with Crippen molar-refractivity contribution < 1.29 is 20.3 Å². The number of hydrogen-bond acceptors (Lipinski definition) is 13. The normalized spacial score (nSPS) is 11.7. The van der Waals surface area contributed by atoms with E-state index in [4.69, 9.17) is 30.7 Å². The van der Waals surface area contributed by atoms with E-state index in [1.165, 1.54) is 142 Å². The SMILES string of the molecule is CC(C)(C)c1cc(-c2ccc(-c3ccc4ccccc4c3)cc2)c2nc(-c3ccccc3N)sc2c1.CC(C)(C)c1cc(-c2ccc(-c3ccc4ccccc4c3)cc2)c2nc(-c3ccccc3O)sc2c1.CC(C)(C)c1cc(Br)c2nc(-c3ccccc3O)sc2c1.Cc1ccccc1-c1nc2c(-c3ccc(-c4ccc5ccccc5c4)cc3)cc(C(C)(C)C)cc2s1.OB(O)c1ccc(-c2ccc3ccccc3c2)cc1. The summed E-state index contributed by atoms with van der Waals surface area (Å²) < 4.78 is 5.70. The summed E-state index contributed by atoms with van der Waals surface area (Å²) >= 11 is 10.4. The van der Waals surface area contributed by atoms with E-state index in [2.05, 4.69) is 420 Å². The zero-order valence-electron chi connectivity index (χ0n) is 85.0. The Bertz CT molecular complexity index is 8430. The van der Waals surface area contributed by atoms with Gasteiger partial charge >= 0.3 is 7.12 Å². The van der Waals surface area contributed by atoms with Crippen molar-refractivity contribution in [3.63, 3.8) is 0 Å². The molecule has 0 amide bonds. The highest BCUT2D eigenvalue weighted by molar-refractivity contribution is 9.10. The van der Waals surface area contributed by atoms with Crippen molar-refractivity contribution in [2.45, 2.75) is 112 Å². The van der Waals surface area contributed by atoms with Crippen LogP contribution in [-0.4, -0.2) is 47.3 Å². The number of hydrogen-bond donors (Lipinski definition) is 5. The maximum absolute atomic E-state index is 10.4. The molecular formula is C133H113BBrN5O4S4. The van der Waals surface area contributed by atoms with Crippen LogP contribution in [0.25, 0.3) is 204 Å². The highest BCUT2D eigenvalue weighted by Gasteiger charge is 2.27. The summed E-state index contributed by atoms with van der Waals surface area (Å²) in [4.78, 5) is 20.0. The molecule has 9 nitrogen and oxygen atoms in total. The number of phenolic OH excluding ortho intramolecular Hbond substituents is 2. The van der Waals surface area contributed by atoms with Crippen LogP contribution in [0.2, 0.25) is 0 Å². The second kappa shape index (κ2) is 42.0. The molecule has 24 aromatic rings. The fourth-order valence-electron chi connectivity index (χ4n) is 18.6. The largest absolute Gasteiger partial charge is 0.507 e. The van der Waals surface area contributed by atoms with Crippen LogP contribution in [0.5, 0.6) is 11.5 Å².